The fraction of sp³-hybridized carbons (Fsp3) is 0.667. The fourth-order valence-electron chi connectivity index (χ4n) is 2.98. The van der Waals surface area contributed by atoms with E-state index in [0.717, 1.165) is 5.46 Å². The lowest BCUT2D eigenvalue weighted by Crippen LogP contribution is -2.66. The molecule has 1 aromatic rings. The van der Waals surface area contributed by atoms with E-state index >= 15 is 0 Å². The minimum Gasteiger partial charge on any atom is -0.491 e. The third-order valence-corrected chi connectivity index (χ3v) is 5.44. The Kier molecular flexibility index (Phi) is 5.66. The molecule has 160 valence electrons. The van der Waals surface area contributed by atoms with Crippen molar-refractivity contribution < 1.29 is 28.3 Å². The van der Waals surface area contributed by atoms with E-state index in [4.69, 9.17) is 23.5 Å². The molecule has 2 heterocycles. The molecule has 0 aliphatic carbocycles. The van der Waals surface area contributed by atoms with Gasteiger partial charge in [-0.3, -0.25) is 0 Å². The number of hydrogen-bond acceptors (Lipinski definition) is 6. The largest absolute Gasteiger partial charge is 0.494 e. The molecule has 0 atom stereocenters. The SMILES string of the molecule is CC(C)(C)OC(=O)NC1(COc2ccc(B3OC(C)(C)C(C)(C)O3)cc2)COC1. The molecule has 3 rings (SSSR count). The molecule has 2 aliphatic heterocycles. The van der Waals surface area contributed by atoms with Gasteiger partial charge in [-0.2, -0.15) is 0 Å². The predicted molar refractivity (Wildman–Crippen MR) is 111 cm³/mol. The Bertz CT molecular complexity index is 721. The van der Waals surface area contributed by atoms with Crippen LogP contribution >= 0.6 is 0 Å². The van der Waals surface area contributed by atoms with E-state index < -0.39 is 24.4 Å². The number of carbonyl (C=O) groups excluding carboxylic acids is 1. The van der Waals surface area contributed by atoms with E-state index in [0.29, 0.717) is 25.6 Å². The first-order valence-electron chi connectivity index (χ1n) is 9.98. The first kappa shape index (κ1) is 21.9. The van der Waals surface area contributed by atoms with Crippen molar-refractivity contribution in [3.05, 3.63) is 24.3 Å². The fourth-order valence-corrected chi connectivity index (χ4v) is 2.98. The molecule has 1 amide bonds. The van der Waals surface area contributed by atoms with Crippen molar-refractivity contribution in [3.8, 4) is 5.75 Å². The molecule has 29 heavy (non-hydrogen) atoms. The van der Waals surface area contributed by atoms with Gasteiger partial charge in [0, 0.05) is 0 Å². The van der Waals surface area contributed by atoms with Gasteiger partial charge in [0.05, 0.1) is 24.4 Å². The smallest absolute Gasteiger partial charge is 0.491 e. The molecule has 0 bridgehead atoms. The van der Waals surface area contributed by atoms with Gasteiger partial charge < -0.3 is 28.8 Å². The summed E-state index contributed by atoms with van der Waals surface area (Å²) >= 11 is 0. The highest BCUT2D eigenvalue weighted by atomic mass is 16.7. The summed E-state index contributed by atoms with van der Waals surface area (Å²) < 4.78 is 28.7. The summed E-state index contributed by atoms with van der Waals surface area (Å²) in [5.74, 6) is 0.697. The van der Waals surface area contributed by atoms with Crippen molar-refractivity contribution in [1.29, 1.82) is 0 Å². The molecule has 0 radical (unpaired) electrons. The van der Waals surface area contributed by atoms with Crippen LogP contribution in [0.5, 0.6) is 5.75 Å². The van der Waals surface area contributed by atoms with Crippen molar-refractivity contribution in [1.82, 2.24) is 5.32 Å². The second-order valence-electron chi connectivity index (χ2n) is 9.85. The molecule has 2 saturated heterocycles. The average Bonchev–Trinajstić information content (AvgIpc) is 2.76. The monoisotopic (exact) mass is 405 g/mol. The van der Waals surface area contributed by atoms with Crippen LogP contribution in [0.15, 0.2) is 24.3 Å². The normalized spacial score (nSPS) is 22.0. The summed E-state index contributed by atoms with van der Waals surface area (Å²) in [6.07, 6.45) is -0.472. The highest BCUT2D eigenvalue weighted by molar-refractivity contribution is 6.62. The second-order valence-corrected chi connectivity index (χ2v) is 9.85. The van der Waals surface area contributed by atoms with Crippen molar-refractivity contribution in [2.75, 3.05) is 19.8 Å². The number of hydrogen-bond donors (Lipinski definition) is 1. The number of alkyl carbamates (subject to hydrolysis) is 1. The molecule has 8 heteroatoms. The molecule has 1 N–H and O–H groups in total. The van der Waals surface area contributed by atoms with E-state index in [-0.39, 0.29) is 11.2 Å². The Balaban J connectivity index is 1.57. The van der Waals surface area contributed by atoms with Gasteiger partial charge in [0.1, 0.15) is 23.5 Å². The zero-order valence-corrected chi connectivity index (χ0v) is 18.5. The Hall–Kier alpha value is -1.77. The summed E-state index contributed by atoms with van der Waals surface area (Å²) in [6, 6.07) is 7.62. The quantitative estimate of drug-likeness (QED) is 0.760. The van der Waals surface area contributed by atoms with Gasteiger partial charge >= 0.3 is 13.2 Å². The van der Waals surface area contributed by atoms with Crippen LogP contribution < -0.4 is 15.5 Å². The maximum atomic E-state index is 12.1. The van der Waals surface area contributed by atoms with Gasteiger partial charge in [-0.05, 0) is 66.1 Å². The average molecular weight is 405 g/mol. The van der Waals surface area contributed by atoms with Crippen LogP contribution in [0.2, 0.25) is 0 Å². The topological polar surface area (TPSA) is 75.3 Å². The van der Waals surface area contributed by atoms with E-state index in [1.807, 2.05) is 72.7 Å². The van der Waals surface area contributed by atoms with Crippen molar-refractivity contribution >= 4 is 18.7 Å². The number of amides is 1. The minimum atomic E-state index is -0.577. The predicted octanol–water partition coefficient (Wildman–Crippen LogP) is 2.66. The molecule has 2 fully saturated rings. The van der Waals surface area contributed by atoms with Crippen LogP contribution in [0, 0.1) is 0 Å². The van der Waals surface area contributed by atoms with Crippen molar-refractivity contribution in [2.24, 2.45) is 0 Å². The van der Waals surface area contributed by atoms with Crippen LogP contribution in [0.1, 0.15) is 48.5 Å². The Morgan fingerprint density at radius 2 is 1.62 bits per heavy atom. The van der Waals surface area contributed by atoms with Crippen LogP contribution in [0.4, 0.5) is 4.79 Å². The van der Waals surface area contributed by atoms with Gasteiger partial charge in [0.2, 0.25) is 0 Å². The summed E-state index contributed by atoms with van der Waals surface area (Å²) in [6.45, 7) is 14.7. The number of benzene rings is 1. The van der Waals surface area contributed by atoms with Crippen LogP contribution in [-0.4, -0.2) is 55.4 Å². The Morgan fingerprint density at radius 1 is 1.07 bits per heavy atom. The van der Waals surface area contributed by atoms with Crippen molar-refractivity contribution in [3.63, 3.8) is 0 Å². The summed E-state index contributed by atoms with van der Waals surface area (Å²) in [5.41, 5.74) is -0.954. The molecular formula is C21H32BNO6. The van der Waals surface area contributed by atoms with Gasteiger partial charge in [0.15, 0.2) is 0 Å². The number of nitrogens with one attached hydrogen (secondary N) is 1. The lowest BCUT2D eigenvalue weighted by molar-refractivity contribution is -0.0929. The zero-order chi connectivity index (χ0) is 21.5. The molecule has 1 aromatic carbocycles. The van der Waals surface area contributed by atoms with Gasteiger partial charge in [-0.1, -0.05) is 12.1 Å². The number of rotatable bonds is 5. The molecule has 0 spiro atoms. The highest BCUT2D eigenvalue weighted by Crippen LogP contribution is 2.36. The molecular weight excluding hydrogens is 373 g/mol. The van der Waals surface area contributed by atoms with E-state index in [9.17, 15) is 4.79 Å². The van der Waals surface area contributed by atoms with Gasteiger partial charge in [-0.25, -0.2) is 4.79 Å². The summed E-state index contributed by atoms with van der Waals surface area (Å²) in [4.78, 5) is 12.1. The molecule has 7 nitrogen and oxygen atoms in total. The summed E-state index contributed by atoms with van der Waals surface area (Å²) in [5, 5.41) is 2.88. The Morgan fingerprint density at radius 3 is 2.07 bits per heavy atom. The summed E-state index contributed by atoms with van der Waals surface area (Å²) in [7, 11) is -0.408. The third kappa shape index (κ3) is 5.05. The first-order chi connectivity index (χ1) is 13.3. The first-order valence-corrected chi connectivity index (χ1v) is 9.98. The zero-order valence-electron chi connectivity index (χ0n) is 18.5. The second kappa shape index (κ2) is 7.49. The van der Waals surface area contributed by atoms with Gasteiger partial charge in [-0.15, -0.1) is 0 Å². The standard InChI is InChI=1S/C21H32BNO6/c1-18(2,3)27-17(24)23-21(12-25-13-21)14-26-16-10-8-15(9-11-16)22-28-19(4,5)20(6,7)29-22/h8-11H,12-14H2,1-7H3,(H,23,24). The van der Waals surface area contributed by atoms with Crippen LogP contribution in [0.25, 0.3) is 0 Å². The molecule has 0 saturated carbocycles. The third-order valence-electron chi connectivity index (χ3n) is 5.44. The highest BCUT2D eigenvalue weighted by Gasteiger charge is 2.51. The molecule has 0 unspecified atom stereocenters. The van der Waals surface area contributed by atoms with Crippen LogP contribution in [0.3, 0.4) is 0 Å². The lowest BCUT2D eigenvalue weighted by Gasteiger charge is -2.41. The number of ether oxygens (including phenoxy) is 3. The molecule has 2 aliphatic rings. The van der Waals surface area contributed by atoms with E-state index in [1.54, 1.807) is 0 Å². The maximum absolute atomic E-state index is 12.1. The maximum Gasteiger partial charge on any atom is 0.494 e. The van der Waals surface area contributed by atoms with Gasteiger partial charge in [0.25, 0.3) is 0 Å². The number of carbonyl (C=O) groups is 1. The van der Waals surface area contributed by atoms with Crippen molar-refractivity contribution in [2.45, 2.75) is 70.8 Å². The van der Waals surface area contributed by atoms with E-state index in [1.165, 1.54) is 0 Å². The van der Waals surface area contributed by atoms with Crippen LogP contribution in [-0.2, 0) is 18.8 Å². The lowest BCUT2D eigenvalue weighted by atomic mass is 9.79. The van der Waals surface area contributed by atoms with E-state index in [2.05, 4.69) is 5.32 Å². The Labute approximate surface area is 173 Å². The molecule has 0 aromatic heterocycles. The minimum absolute atomic E-state index is 0.294.